The second kappa shape index (κ2) is 11.4. The van der Waals surface area contributed by atoms with Gasteiger partial charge in [-0.3, -0.25) is 9.36 Å². The van der Waals surface area contributed by atoms with Crippen LogP contribution in [0.2, 0.25) is 10.0 Å². The number of aromatic nitrogens is 3. The lowest BCUT2D eigenvalue weighted by Crippen LogP contribution is -2.16. The quantitative estimate of drug-likeness (QED) is 0.233. The van der Waals surface area contributed by atoms with E-state index in [0.29, 0.717) is 43.9 Å². The number of thioether (sulfide) groups is 1. The van der Waals surface area contributed by atoms with Gasteiger partial charge in [-0.1, -0.05) is 41.0 Å². The molecule has 1 amide bonds. The Balaban J connectivity index is 1.63. The maximum atomic E-state index is 12.4. The summed E-state index contributed by atoms with van der Waals surface area (Å²) in [6, 6.07) is 6.54. The van der Waals surface area contributed by atoms with E-state index in [0.717, 1.165) is 0 Å². The number of esters is 1. The van der Waals surface area contributed by atoms with E-state index < -0.39 is 5.97 Å². The molecule has 2 heterocycles. The number of halogens is 2. The van der Waals surface area contributed by atoms with Crippen molar-refractivity contribution in [1.82, 2.24) is 14.8 Å². The van der Waals surface area contributed by atoms with Crippen molar-refractivity contribution in [3.8, 4) is 5.75 Å². The van der Waals surface area contributed by atoms with Crippen LogP contribution in [0.5, 0.6) is 5.75 Å². The summed E-state index contributed by atoms with van der Waals surface area (Å²) in [6.07, 6.45) is 1.69. The second-order valence-corrected chi connectivity index (χ2v) is 8.86. The molecular formula is C20H18Cl2N4O4S2. The molecule has 0 spiro atoms. The summed E-state index contributed by atoms with van der Waals surface area (Å²) in [5, 5.41) is 14.6. The minimum atomic E-state index is -0.509. The van der Waals surface area contributed by atoms with Crippen molar-refractivity contribution in [2.24, 2.45) is 0 Å². The molecule has 168 valence electrons. The normalized spacial score (nSPS) is 10.6. The molecule has 0 saturated carbocycles. The molecule has 0 unspecified atom stereocenters. The highest BCUT2D eigenvalue weighted by atomic mass is 35.5. The lowest BCUT2D eigenvalue weighted by atomic mass is 10.3. The number of allylic oxidation sites excluding steroid dienone is 1. The maximum Gasteiger partial charge on any atom is 0.340 e. The van der Waals surface area contributed by atoms with Gasteiger partial charge in [-0.25, -0.2) is 4.79 Å². The van der Waals surface area contributed by atoms with Crippen molar-refractivity contribution in [2.45, 2.75) is 18.3 Å². The van der Waals surface area contributed by atoms with Gasteiger partial charge in [-0.2, -0.15) is 0 Å². The van der Waals surface area contributed by atoms with E-state index in [1.165, 1.54) is 30.2 Å². The number of amides is 1. The minimum absolute atomic E-state index is 0.0671. The number of carbonyl (C=O) groups excluding carboxylic acids is 2. The molecule has 3 aromatic rings. The summed E-state index contributed by atoms with van der Waals surface area (Å²) >= 11 is 14.5. The van der Waals surface area contributed by atoms with Crippen LogP contribution in [0.1, 0.15) is 16.2 Å². The SMILES string of the molecule is C=CCn1c(COc2ccc(Cl)cc2Cl)nnc1SCC(=O)Nc1sccc1C(=O)OC. The Labute approximate surface area is 202 Å². The zero-order valence-electron chi connectivity index (χ0n) is 16.8. The highest BCUT2D eigenvalue weighted by Gasteiger charge is 2.18. The van der Waals surface area contributed by atoms with E-state index in [9.17, 15) is 9.59 Å². The van der Waals surface area contributed by atoms with E-state index >= 15 is 0 Å². The fraction of sp³-hybridized carbons (Fsp3) is 0.200. The van der Waals surface area contributed by atoms with Crippen molar-refractivity contribution in [2.75, 3.05) is 18.2 Å². The van der Waals surface area contributed by atoms with Gasteiger partial charge >= 0.3 is 5.97 Å². The summed E-state index contributed by atoms with van der Waals surface area (Å²) in [6.45, 7) is 4.31. The molecule has 0 saturated heterocycles. The minimum Gasteiger partial charge on any atom is -0.484 e. The first-order chi connectivity index (χ1) is 15.4. The number of nitrogens with one attached hydrogen (secondary N) is 1. The monoisotopic (exact) mass is 512 g/mol. The fourth-order valence-electron chi connectivity index (χ4n) is 2.55. The molecule has 12 heteroatoms. The lowest BCUT2D eigenvalue weighted by molar-refractivity contribution is -0.113. The first-order valence-electron chi connectivity index (χ1n) is 9.12. The number of hydrogen-bond acceptors (Lipinski definition) is 8. The number of hydrogen-bond donors (Lipinski definition) is 1. The van der Waals surface area contributed by atoms with Crippen LogP contribution in [0.15, 0.2) is 47.5 Å². The van der Waals surface area contributed by atoms with E-state index in [2.05, 4.69) is 22.1 Å². The zero-order valence-corrected chi connectivity index (χ0v) is 20.0. The highest BCUT2D eigenvalue weighted by Crippen LogP contribution is 2.29. The van der Waals surface area contributed by atoms with Crippen LogP contribution in [0, 0.1) is 0 Å². The molecule has 1 N–H and O–H groups in total. The predicted octanol–water partition coefficient (Wildman–Crippen LogP) is 4.93. The van der Waals surface area contributed by atoms with Crippen LogP contribution in [-0.4, -0.2) is 39.5 Å². The molecule has 0 radical (unpaired) electrons. The first-order valence-corrected chi connectivity index (χ1v) is 11.7. The van der Waals surface area contributed by atoms with Crippen LogP contribution in [0.3, 0.4) is 0 Å². The Morgan fingerprint density at radius 1 is 1.31 bits per heavy atom. The predicted molar refractivity (Wildman–Crippen MR) is 126 cm³/mol. The van der Waals surface area contributed by atoms with Gasteiger partial charge in [0.2, 0.25) is 5.91 Å². The van der Waals surface area contributed by atoms with Crippen LogP contribution < -0.4 is 10.1 Å². The first kappa shape index (κ1) is 24.1. The Hall–Kier alpha value is -2.53. The lowest BCUT2D eigenvalue weighted by Gasteiger charge is -2.10. The summed E-state index contributed by atoms with van der Waals surface area (Å²) in [5.41, 5.74) is 0.311. The molecule has 32 heavy (non-hydrogen) atoms. The molecule has 0 atom stereocenters. The number of ether oxygens (including phenoxy) is 2. The third kappa shape index (κ3) is 6.04. The Bertz CT molecular complexity index is 1130. The zero-order chi connectivity index (χ0) is 23.1. The molecule has 8 nitrogen and oxygen atoms in total. The van der Waals surface area contributed by atoms with E-state index in [4.69, 9.17) is 32.7 Å². The topological polar surface area (TPSA) is 95.3 Å². The average molecular weight is 513 g/mol. The Morgan fingerprint density at radius 3 is 2.84 bits per heavy atom. The summed E-state index contributed by atoms with van der Waals surface area (Å²) < 4.78 is 12.2. The van der Waals surface area contributed by atoms with Crippen LogP contribution in [-0.2, 0) is 22.7 Å². The molecule has 0 aliphatic rings. The summed E-state index contributed by atoms with van der Waals surface area (Å²) in [7, 11) is 1.29. The number of benzene rings is 1. The van der Waals surface area contributed by atoms with Gasteiger partial charge in [0.25, 0.3) is 0 Å². The molecule has 0 fully saturated rings. The molecule has 0 aliphatic carbocycles. The standard InChI is InChI=1S/C20H18Cl2N4O4S2/c1-3-7-26-16(10-30-15-5-4-12(21)9-14(15)22)24-25-20(26)32-11-17(27)23-18-13(6-8-31-18)19(28)29-2/h3-6,8-9H,1,7,10-11H2,2H3,(H,23,27). The van der Waals surface area contributed by atoms with E-state index in [1.54, 1.807) is 40.3 Å². The Kier molecular flexibility index (Phi) is 8.57. The van der Waals surface area contributed by atoms with Gasteiger partial charge < -0.3 is 14.8 Å². The summed E-state index contributed by atoms with van der Waals surface area (Å²) in [4.78, 5) is 24.1. The number of thiophene rings is 1. The number of anilines is 1. The molecule has 0 bridgehead atoms. The van der Waals surface area contributed by atoms with Crippen molar-refractivity contribution < 1.29 is 19.1 Å². The van der Waals surface area contributed by atoms with E-state index in [1.807, 2.05) is 0 Å². The molecule has 1 aromatic carbocycles. The molecule has 3 rings (SSSR count). The van der Waals surface area contributed by atoms with Crippen LogP contribution >= 0.6 is 46.3 Å². The van der Waals surface area contributed by atoms with E-state index in [-0.39, 0.29) is 18.3 Å². The second-order valence-electron chi connectivity index (χ2n) is 6.15. The van der Waals surface area contributed by atoms with Gasteiger partial charge in [-0.15, -0.1) is 28.1 Å². The number of rotatable bonds is 10. The highest BCUT2D eigenvalue weighted by molar-refractivity contribution is 7.99. The smallest absolute Gasteiger partial charge is 0.340 e. The van der Waals surface area contributed by atoms with Gasteiger partial charge in [0, 0.05) is 11.6 Å². The van der Waals surface area contributed by atoms with Gasteiger partial charge in [0.05, 0.1) is 23.4 Å². The van der Waals surface area contributed by atoms with Crippen molar-refractivity contribution >= 4 is 63.2 Å². The molecule has 2 aromatic heterocycles. The largest absolute Gasteiger partial charge is 0.484 e. The third-order valence-electron chi connectivity index (χ3n) is 4.01. The van der Waals surface area contributed by atoms with Crippen LogP contribution in [0.25, 0.3) is 0 Å². The molecular weight excluding hydrogens is 495 g/mol. The Morgan fingerprint density at radius 2 is 2.12 bits per heavy atom. The number of nitrogens with zero attached hydrogens (tertiary/aromatic N) is 3. The maximum absolute atomic E-state index is 12.4. The number of carbonyl (C=O) groups is 2. The van der Waals surface area contributed by atoms with Crippen LogP contribution in [0.4, 0.5) is 5.00 Å². The van der Waals surface area contributed by atoms with Gasteiger partial charge in [0.15, 0.2) is 11.0 Å². The summed E-state index contributed by atoms with van der Waals surface area (Å²) in [5.74, 6) is 0.282. The average Bonchev–Trinajstić information content (AvgIpc) is 3.38. The molecule has 0 aliphatic heterocycles. The van der Waals surface area contributed by atoms with Crippen molar-refractivity contribution in [3.05, 3.63) is 63.7 Å². The number of methoxy groups -OCH3 is 1. The third-order valence-corrected chi connectivity index (χ3v) is 6.34. The van der Waals surface area contributed by atoms with Crippen molar-refractivity contribution in [1.29, 1.82) is 0 Å². The van der Waals surface area contributed by atoms with Crippen molar-refractivity contribution in [3.63, 3.8) is 0 Å². The van der Waals surface area contributed by atoms with Gasteiger partial charge in [0.1, 0.15) is 17.4 Å². The van der Waals surface area contributed by atoms with Gasteiger partial charge in [-0.05, 0) is 29.6 Å². The fourth-order valence-corrected chi connectivity index (χ4v) is 4.57.